The van der Waals surface area contributed by atoms with Gasteiger partial charge in [0, 0.05) is 37.3 Å². The molecular formula is C27H40N4O2. The molecule has 3 aliphatic rings. The fourth-order valence-electron chi connectivity index (χ4n) is 5.76. The van der Waals surface area contributed by atoms with Crippen molar-refractivity contribution >= 4 is 0 Å². The Morgan fingerprint density at radius 3 is 2.55 bits per heavy atom. The summed E-state index contributed by atoms with van der Waals surface area (Å²) in [7, 11) is 0. The summed E-state index contributed by atoms with van der Waals surface area (Å²) in [6.07, 6.45) is 10.9. The van der Waals surface area contributed by atoms with E-state index in [4.69, 9.17) is 14.1 Å². The van der Waals surface area contributed by atoms with Gasteiger partial charge in [-0.2, -0.15) is 0 Å². The summed E-state index contributed by atoms with van der Waals surface area (Å²) in [5.74, 6) is 1.62. The molecule has 0 saturated carbocycles. The summed E-state index contributed by atoms with van der Waals surface area (Å²) in [5, 5.41) is 0. The van der Waals surface area contributed by atoms with Crippen molar-refractivity contribution in [2.24, 2.45) is 0 Å². The minimum absolute atomic E-state index is 0.642. The van der Waals surface area contributed by atoms with Crippen molar-refractivity contribution in [1.29, 1.82) is 0 Å². The van der Waals surface area contributed by atoms with Gasteiger partial charge in [0.1, 0.15) is 12.0 Å². The molecule has 1 aromatic carbocycles. The van der Waals surface area contributed by atoms with Crippen LogP contribution in [0, 0.1) is 0 Å². The smallest absolute Gasteiger partial charge is 0.226 e. The molecule has 5 rings (SSSR count). The average Bonchev–Trinajstić information content (AvgIpc) is 3.63. The van der Waals surface area contributed by atoms with E-state index in [9.17, 15) is 0 Å². The molecule has 3 saturated heterocycles. The van der Waals surface area contributed by atoms with E-state index in [0.717, 1.165) is 55.7 Å². The lowest BCUT2D eigenvalue weighted by Crippen LogP contribution is -2.40. The molecule has 0 amide bonds. The summed E-state index contributed by atoms with van der Waals surface area (Å²) < 4.78 is 11.8. The van der Waals surface area contributed by atoms with E-state index in [1.165, 1.54) is 64.7 Å². The van der Waals surface area contributed by atoms with E-state index >= 15 is 0 Å². The normalized spacial score (nSPS) is 24.8. The van der Waals surface area contributed by atoms with Crippen molar-refractivity contribution in [3.05, 3.63) is 36.2 Å². The Kier molecular flexibility index (Phi) is 7.64. The van der Waals surface area contributed by atoms with Crippen molar-refractivity contribution in [2.75, 3.05) is 45.9 Å². The number of hydrogen-bond acceptors (Lipinski definition) is 6. The Labute approximate surface area is 198 Å². The Balaban J connectivity index is 1.05. The molecule has 180 valence electrons. The van der Waals surface area contributed by atoms with Crippen LogP contribution in [-0.4, -0.2) is 77.6 Å². The van der Waals surface area contributed by atoms with Gasteiger partial charge < -0.3 is 14.1 Å². The highest BCUT2D eigenvalue weighted by Gasteiger charge is 2.27. The van der Waals surface area contributed by atoms with Crippen molar-refractivity contribution in [3.8, 4) is 17.2 Å². The topological polar surface area (TPSA) is 45.0 Å². The van der Waals surface area contributed by atoms with Crippen molar-refractivity contribution in [3.63, 3.8) is 0 Å². The Morgan fingerprint density at radius 1 is 0.970 bits per heavy atom. The summed E-state index contributed by atoms with van der Waals surface area (Å²) in [4.78, 5) is 12.5. The van der Waals surface area contributed by atoms with Crippen molar-refractivity contribution in [2.45, 2.75) is 70.5 Å². The molecule has 0 radical (unpaired) electrons. The highest BCUT2D eigenvalue weighted by molar-refractivity contribution is 5.54. The van der Waals surface area contributed by atoms with Gasteiger partial charge in [0.25, 0.3) is 0 Å². The third-order valence-corrected chi connectivity index (χ3v) is 7.73. The number of nitrogens with zero attached hydrogens (tertiary/aromatic N) is 4. The summed E-state index contributed by atoms with van der Waals surface area (Å²) in [5.41, 5.74) is 2.02. The Hall–Kier alpha value is -1.89. The number of hydrogen-bond donors (Lipinski definition) is 0. The van der Waals surface area contributed by atoms with Crippen molar-refractivity contribution in [1.82, 2.24) is 19.7 Å². The maximum absolute atomic E-state index is 6.04. The van der Waals surface area contributed by atoms with Gasteiger partial charge in [0.15, 0.2) is 0 Å². The second-order valence-corrected chi connectivity index (χ2v) is 10.2. The van der Waals surface area contributed by atoms with E-state index < -0.39 is 0 Å². The van der Waals surface area contributed by atoms with Crippen LogP contribution in [0.5, 0.6) is 5.75 Å². The molecule has 4 heterocycles. The van der Waals surface area contributed by atoms with Gasteiger partial charge in [0.05, 0.1) is 12.3 Å². The molecule has 0 aliphatic carbocycles. The zero-order chi connectivity index (χ0) is 22.5. The molecule has 33 heavy (non-hydrogen) atoms. The van der Waals surface area contributed by atoms with Crippen molar-refractivity contribution < 1.29 is 9.15 Å². The molecule has 6 nitrogen and oxygen atoms in total. The molecule has 1 aromatic heterocycles. The minimum atomic E-state index is 0.642. The first-order valence-electron chi connectivity index (χ1n) is 13.1. The Bertz CT molecular complexity index is 861. The number of rotatable bonds is 10. The molecule has 0 spiro atoms. The van der Waals surface area contributed by atoms with Gasteiger partial charge in [-0.3, -0.25) is 9.80 Å². The maximum atomic E-state index is 6.04. The highest BCUT2D eigenvalue weighted by atomic mass is 16.5. The number of ether oxygens (including phenoxy) is 1. The first kappa shape index (κ1) is 22.9. The summed E-state index contributed by atoms with van der Waals surface area (Å²) in [6.45, 7) is 11.4. The number of aromatic nitrogens is 1. The molecular weight excluding hydrogens is 412 g/mol. The quantitative estimate of drug-likeness (QED) is 0.489. The van der Waals surface area contributed by atoms with Gasteiger partial charge in [-0.25, -0.2) is 4.98 Å². The fraction of sp³-hybridized carbons (Fsp3) is 0.667. The number of benzene rings is 1. The maximum Gasteiger partial charge on any atom is 0.226 e. The highest BCUT2D eigenvalue weighted by Crippen LogP contribution is 2.25. The molecule has 3 fully saturated rings. The predicted molar refractivity (Wildman–Crippen MR) is 131 cm³/mol. The van der Waals surface area contributed by atoms with E-state index in [2.05, 4.69) is 33.8 Å². The molecule has 6 heteroatoms. The second-order valence-electron chi connectivity index (χ2n) is 10.2. The minimum Gasteiger partial charge on any atom is -0.494 e. The second kappa shape index (κ2) is 11.0. The van der Waals surface area contributed by atoms with Gasteiger partial charge in [-0.05, 0) is 102 Å². The fourth-order valence-corrected chi connectivity index (χ4v) is 5.76. The largest absolute Gasteiger partial charge is 0.494 e. The van der Waals surface area contributed by atoms with E-state index in [0.29, 0.717) is 11.9 Å². The van der Waals surface area contributed by atoms with Crippen LogP contribution in [0.2, 0.25) is 0 Å². The standard InChI is InChI=1S/C27H40N4O2/c1-22-7-4-16-31(22)19-24-21-33-27(28-24)23-9-11-26(12-10-23)32-18-6-17-30-15-5-8-25(30)20-29-13-2-3-14-29/h9-12,21-22,25H,2-8,13-20H2,1H3. The number of likely N-dealkylation sites (tertiary alicyclic amines) is 3. The first-order chi connectivity index (χ1) is 16.2. The first-order valence-corrected chi connectivity index (χ1v) is 13.1. The lowest BCUT2D eigenvalue weighted by atomic mass is 10.2. The molecule has 2 aromatic rings. The van der Waals surface area contributed by atoms with Crippen LogP contribution in [-0.2, 0) is 6.54 Å². The number of oxazole rings is 1. The third kappa shape index (κ3) is 5.97. The van der Waals surface area contributed by atoms with Crippen LogP contribution in [0.15, 0.2) is 34.9 Å². The lowest BCUT2D eigenvalue weighted by Gasteiger charge is -2.28. The SMILES string of the molecule is CC1CCCN1Cc1coc(-c2ccc(OCCCN3CCCC3CN3CCCC3)cc2)n1. The van der Waals surface area contributed by atoms with E-state index in [-0.39, 0.29) is 0 Å². The summed E-state index contributed by atoms with van der Waals surface area (Å²) in [6, 6.07) is 9.57. The van der Waals surface area contributed by atoms with Crippen LogP contribution in [0.3, 0.4) is 0 Å². The van der Waals surface area contributed by atoms with Crippen LogP contribution < -0.4 is 4.74 Å². The van der Waals surface area contributed by atoms with Gasteiger partial charge in [-0.15, -0.1) is 0 Å². The van der Waals surface area contributed by atoms with Crippen LogP contribution in [0.4, 0.5) is 0 Å². The molecule has 2 atom stereocenters. The lowest BCUT2D eigenvalue weighted by molar-refractivity contribution is 0.178. The molecule has 0 bridgehead atoms. The summed E-state index contributed by atoms with van der Waals surface area (Å²) >= 11 is 0. The van der Waals surface area contributed by atoms with Crippen LogP contribution in [0.1, 0.15) is 57.6 Å². The molecule has 2 unspecified atom stereocenters. The monoisotopic (exact) mass is 452 g/mol. The van der Waals surface area contributed by atoms with Gasteiger partial charge >= 0.3 is 0 Å². The third-order valence-electron chi connectivity index (χ3n) is 7.73. The molecule has 0 N–H and O–H groups in total. The van der Waals surface area contributed by atoms with E-state index in [1.54, 1.807) is 6.26 Å². The van der Waals surface area contributed by atoms with Crippen LogP contribution >= 0.6 is 0 Å². The van der Waals surface area contributed by atoms with Gasteiger partial charge in [-0.1, -0.05) is 0 Å². The zero-order valence-corrected chi connectivity index (χ0v) is 20.3. The zero-order valence-electron chi connectivity index (χ0n) is 20.3. The van der Waals surface area contributed by atoms with E-state index in [1.807, 2.05) is 12.1 Å². The predicted octanol–water partition coefficient (Wildman–Crippen LogP) is 4.66. The van der Waals surface area contributed by atoms with Gasteiger partial charge in [0.2, 0.25) is 5.89 Å². The van der Waals surface area contributed by atoms with Crippen LogP contribution in [0.25, 0.3) is 11.5 Å². The molecule has 3 aliphatic heterocycles. The Morgan fingerprint density at radius 2 is 1.76 bits per heavy atom. The average molecular weight is 453 g/mol.